The molecular formula is C27H36N2O2. The Balaban J connectivity index is 1.62. The molecule has 4 nitrogen and oxygen atoms in total. The predicted molar refractivity (Wildman–Crippen MR) is 126 cm³/mol. The molecule has 1 heterocycles. The molecule has 0 saturated carbocycles. The highest BCUT2D eigenvalue weighted by atomic mass is 16.5. The summed E-state index contributed by atoms with van der Waals surface area (Å²) in [5.74, 6) is 1.36. The molecule has 0 fully saturated rings. The molecule has 1 aromatic heterocycles. The van der Waals surface area contributed by atoms with Gasteiger partial charge < -0.3 is 9.26 Å². The van der Waals surface area contributed by atoms with Crippen LogP contribution in [0.4, 0.5) is 0 Å². The molecule has 1 aromatic carbocycles. The second kappa shape index (κ2) is 9.12. The van der Waals surface area contributed by atoms with Gasteiger partial charge in [-0.3, -0.25) is 0 Å². The molecule has 0 bridgehead atoms. The van der Waals surface area contributed by atoms with Crippen molar-refractivity contribution in [2.75, 3.05) is 13.2 Å². The number of hydrogen-bond acceptors (Lipinski definition) is 4. The normalized spacial score (nSPS) is 18.5. The zero-order valence-corrected chi connectivity index (χ0v) is 19.8. The summed E-state index contributed by atoms with van der Waals surface area (Å²) in [4.78, 5) is 4.86. The Hall–Kier alpha value is -2.20. The second-order valence-corrected chi connectivity index (χ2v) is 9.89. The summed E-state index contributed by atoms with van der Waals surface area (Å²) in [6.07, 6.45) is 10.2. The number of aromatic nitrogens is 2. The summed E-state index contributed by atoms with van der Waals surface area (Å²) in [5.41, 5.74) is 9.54. The third kappa shape index (κ3) is 4.85. The van der Waals surface area contributed by atoms with Gasteiger partial charge in [0.2, 0.25) is 5.82 Å². The standard InChI is InChI=1S/C27H36N2O2/c1-6-30-14-12-22-18(2)15-21(16-19(22)3)25-28-26(31-29-25)24-10-8-7-9-20-17-27(4,5)13-11-23(20)24/h10,15-16H,6-9,11-14,17H2,1-5H3. The minimum absolute atomic E-state index is 0.396. The van der Waals surface area contributed by atoms with Crippen molar-refractivity contribution in [2.24, 2.45) is 5.41 Å². The average Bonchev–Trinajstić information content (AvgIpc) is 3.11. The van der Waals surface area contributed by atoms with Crippen LogP contribution in [0.1, 0.15) is 81.9 Å². The van der Waals surface area contributed by atoms with E-state index in [1.54, 1.807) is 5.57 Å². The summed E-state index contributed by atoms with van der Waals surface area (Å²) in [5, 5.41) is 4.37. The zero-order valence-electron chi connectivity index (χ0n) is 19.8. The topological polar surface area (TPSA) is 48.2 Å². The molecule has 31 heavy (non-hydrogen) atoms. The molecule has 0 radical (unpaired) electrons. The Bertz CT molecular complexity index is 987. The fraction of sp³-hybridized carbons (Fsp3) is 0.556. The Morgan fingerprint density at radius 1 is 1.13 bits per heavy atom. The van der Waals surface area contributed by atoms with Crippen molar-refractivity contribution in [2.45, 2.75) is 79.6 Å². The van der Waals surface area contributed by atoms with E-state index in [0.717, 1.165) is 38.0 Å². The molecule has 0 atom stereocenters. The van der Waals surface area contributed by atoms with Crippen molar-refractivity contribution in [3.8, 4) is 11.4 Å². The van der Waals surface area contributed by atoms with E-state index in [1.165, 1.54) is 53.5 Å². The Kier molecular flexibility index (Phi) is 6.47. The Morgan fingerprint density at radius 3 is 2.65 bits per heavy atom. The molecule has 0 N–H and O–H groups in total. The van der Waals surface area contributed by atoms with E-state index in [1.807, 2.05) is 6.92 Å². The summed E-state index contributed by atoms with van der Waals surface area (Å²) < 4.78 is 11.4. The first-order valence-corrected chi connectivity index (χ1v) is 11.8. The van der Waals surface area contributed by atoms with Crippen LogP contribution in [0.25, 0.3) is 17.0 Å². The molecule has 0 aliphatic heterocycles. The minimum Gasteiger partial charge on any atom is -0.381 e. The first-order valence-electron chi connectivity index (χ1n) is 11.8. The highest BCUT2D eigenvalue weighted by molar-refractivity contribution is 5.77. The van der Waals surface area contributed by atoms with Crippen molar-refractivity contribution >= 4 is 5.57 Å². The van der Waals surface area contributed by atoms with Crippen LogP contribution >= 0.6 is 0 Å². The molecule has 0 unspecified atom stereocenters. The van der Waals surface area contributed by atoms with Crippen LogP contribution in [0.2, 0.25) is 0 Å². The number of aryl methyl sites for hydroxylation is 2. The van der Waals surface area contributed by atoms with Gasteiger partial charge in [-0.25, -0.2) is 0 Å². The van der Waals surface area contributed by atoms with Gasteiger partial charge in [-0.05, 0) is 106 Å². The van der Waals surface area contributed by atoms with Crippen molar-refractivity contribution < 1.29 is 9.26 Å². The van der Waals surface area contributed by atoms with Gasteiger partial charge in [0.1, 0.15) is 0 Å². The van der Waals surface area contributed by atoms with E-state index >= 15 is 0 Å². The lowest BCUT2D eigenvalue weighted by atomic mass is 9.72. The van der Waals surface area contributed by atoms with E-state index in [9.17, 15) is 0 Å². The molecule has 4 heteroatoms. The molecule has 0 spiro atoms. The lowest BCUT2D eigenvalue weighted by molar-refractivity contribution is 0.150. The third-order valence-electron chi connectivity index (χ3n) is 6.84. The maximum Gasteiger partial charge on any atom is 0.258 e. The number of ether oxygens (including phenoxy) is 1. The summed E-state index contributed by atoms with van der Waals surface area (Å²) in [7, 11) is 0. The fourth-order valence-electron chi connectivity index (χ4n) is 5.16. The van der Waals surface area contributed by atoms with Crippen molar-refractivity contribution in [3.63, 3.8) is 0 Å². The number of rotatable bonds is 6. The van der Waals surface area contributed by atoms with Crippen LogP contribution in [0.15, 0.2) is 33.9 Å². The summed E-state index contributed by atoms with van der Waals surface area (Å²) in [6, 6.07) is 4.36. The van der Waals surface area contributed by atoms with Crippen LogP contribution in [-0.2, 0) is 11.2 Å². The fourth-order valence-corrected chi connectivity index (χ4v) is 5.16. The van der Waals surface area contributed by atoms with Gasteiger partial charge in [0.25, 0.3) is 5.89 Å². The van der Waals surface area contributed by atoms with Gasteiger partial charge in [0, 0.05) is 17.7 Å². The Labute approximate surface area is 186 Å². The quantitative estimate of drug-likeness (QED) is 0.472. The van der Waals surface area contributed by atoms with Crippen LogP contribution in [0.3, 0.4) is 0 Å². The molecule has 0 amide bonds. The van der Waals surface area contributed by atoms with E-state index in [-0.39, 0.29) is 0 Å². The second-order valence-electron chi connectivity index (χ2n) is 9.89. The molecule has 0 saturated heterocycles. The summed E-state index contributed by atoms with van der Waals surface area (Å²) >= 11 is 0. The molecule has 2 aliphatic carbocycles. The van der Waals surface area contributed by atoms with Crippen LogP contribution in [0.5, 0.6) is 0 Å². The smallest absolute Gasteiger partial charge is 0.258 e. The highest BCUT2D eigenvalue weighted by Gasteiger charge is 2.31. The largest absolute Gasteiger partial charge is 0.381 e. The van der Waals surface area contributed by atoms with E-state index in [4.69, 9.17) is 14.2 Å². The number of benzene rings is 1. The monoisotopic (exact) mass is 420 g/mol. The third-order valence-corrected chi connectivity index (χ3v) is 6.84. The Morgan fingerprint density at radius 2 is 1.90 bits per heavy atom. The predicted octanol–water partition coefficient (Wildman–Crippen LogP) is 7.01. The van der Waals surface area contributed by atoms with Crippen LogP contribution in [-0.4, -0.2) is 23.4 Å². The number of nitrogens with zero attached hydrogens (tertiary/aromatic N) is 2. The van der Waals surface area contributed by atoms with Gasteiger partial charge in [0.15, 0.2) is 0 Å². The van der Waals surface area contributed by atoms with E-state index in [2.05, 4.69) is 51.1 Å². The minimum atomic E-state index is 0.396. The van der Waals surface area contributed by atoms with Gasteiger partial charge in [-0.2, -0.15) is 4.98 Å². The van der Waals surface area contributed by atoms with E-state index in [0.29, 0.717) is 17.1 Å². The van der Waals surface area contributed by atoms with Gasteiger partial charge in [0.05, 0.1) is 6.61 Å². The number of allylic oxidation sites excluding steroid dienone is 4. The van der Waals surface area contributed by atoms with Crippen molar-refractivity contribution in [1.82, 2.24) is 10.1 Å². The van der Waals surface area contributed by atoms with Gasteiger partial charge in [-0.1, -0.05) is 30.7 Å². The first-order chi connectivity index (χ1) is 14.9. The molecule has 2 aliphatic rings. The highest BCUT2D eigenvalue weighted by Crippen LogP contribution is 2.46. The lowest BCUT2D eigenvalue weighted by Gasteiger charge is -2.33. The molecular weight excluding hydrogens is 384 g/mol. The van der Waals surface area contributed by atoms with Crippen LogP contribution in [0, 0.1) is 19.3 Å². The number of hydrogen-bond donors (Lipinski definition) is 0. The van der Waals surface area contributed by atoms with Gasteiger partial charge >= 0.3 is 0 Å². The van der Waals surface area contributed by atoms with Crippen molar-refractivity contribution in [1.29, 1.82) is 0 Å². The summed E-state index contributed by atoms with van der Waals surface area (Å²) in [6.45, 7) is 12.6. The SMILES string of the molecule is CCOCCc1c(C)cc(-c2noc(C3=CCCCC4=C3CCC(C)(C)C4)n2)cc1C. The molecule has 2 aromatic rings. The van der Waals surface area contributed by atoms with Crippen molar-refractivity contribution in [3.05, 3.63) is 51.9 Å². The molecule has 4 rings (SSSR count). The molecule has 166 valence electrons. The van der Waals surface area contributed by atoms with Gasteiger partial charge in [-0.15, -0.1) is 0 Å². The zero-order chi connectivity index (χ0) is 22.0. The average molecular weight is 421 g/mol. The first kappa shape index (κ1) is 22.0. The maximum atomic E-state index is 5.82. The van der Waals surface area contributed by atoms with Crippen LogP contribution < -0.4 is 0 Å². The lowest BCUT2D eigenvalue weighted by Crippen LogP contribution is -2.18. The van der Waals surface area contributed by atoms with E-state index < -0.39 is 0 Å². The maximum absolute atomic E-state index is 5.82.